The van der Waals surface area contributed by atoms with E-state index in [-0.39, 0.29) is 11.9 Å². The zero-order valence-electron chi connectivity index (χ0n) is 18.9. The van der Waals surface area contributed by atoms with E-state index >= 15 is 0 Å². The van der Waals surface area contributed by atoms with Gasteiger partial charge in [-0.05, 0) is 48.9 Å². The van der Waals surface area contributed by atoms with Crippen LogP contribution in [0.5, 0.6) is 11.5 Å². The number of carbonyl (C=O) groups excluding carboxylic acids is 1. The number of rotatable bonds is 5. The van der Waals surface area contributed by atoms with Crippen LogP contribution in [0.1, 0.15) is 18.5 Å². The minimum absolute atomic E-state index is 0.232. The predicted molar refractivity (Wildman–Crippen MR) is 137 cm³/mol. The van der Waals surface area contributed by atoms with E-state index < -0.39 is 0 Å². The molecule has 5 rings (SSSR count). The number of ether oxygens (including phenoxy) is 2. The van der Waals surface area contributed by atoms with Crippen LogP contribution >= 0.6 is 15.9 Å². The van der Waals surface area contributed by atoms with Gasteiger partial charge in [-0.2, -0.15) is 0 Å². The number of carbonyl (C=O) groups is 1. The fourth-order valence-electron chi connectivity index (χ4n) is 4.31. The molecular weight excluding hydrogens is 496 g/mol. The summed E-state index contributed by atoms with van der Waals surface area (Å²) in [6.07, 6.45) is 0. The molecular formula is C26H23BrN4O3. The van der Waals surface area contributed by atoms with Gasteiger partial charge in [0, 0.05) is 16.2 Å². The number of aromatic nitrogens is 2. The lowest BCUT2D eigenvalue weighted by Gasteiger charge is -2.31. The normalized spacial score (nSPS) is 15.0. The number of hydrogen-bond acceptors (Lipinski definition) is 5. The standard InChI is InChI=1S/C26H23BrN4O3/c1-15-23(25(32)29-20-13-12-18(33-2)14-22(20)34-3)24(16-8-10-17(27)11-9-16)31-21-7-5-4-6-19(21)30-26(31)28-15/h4-14,24H,1-3H3,(H,28,30)(H,29,32)/t24-/m1/s1. The highest BCUT2D eigenvalue weighted by Gasteiger charge is 2.34. The van der Waals surface area contributed by atoms with E-state index in [0.29, 0.717) is 28.7 Å². The molecule has 0 aliphatic carbocycles. The van der Waals surface area contributed by atoms with Crippen molar-refractivity contribution in [2.75, 3.05) is 24.9 Å². The summed E-state index contributed by atoms with van der Waals surface area (Å²) in [7, 11) is 3.15. The second kappa shape index (κ2) is 8.87. The molecule has 3 aromatic carbocycles. The van der Waals surface area contributed by atoms with E-state index in [4.69, 9.17) is 14.5 Å². The third kappa shape index (κ3) is 3.80. The molecule has 0 bridgehead atoms. The Morgan fingerprint density at radius 3 is 2.56 bits per heavy atom. The SMILES string of the molecule is COc1ccc(NC(=O)C2=C(C)Nc3nc4ccccc4n3[C@@H]2c2ccc(Br)cc2)c(OC)c1. The zero-order chi connectivity index (χ0) is 23.8. The van der Waals surface area contributed by atoms with E-state index in [0.717, 1.165) is 26.8 Å². The smallest absolute Gasteiger partial charge is 0.255 e. The molecule has 0 saturated carbocycles. The molecule has 0 spiro atoms. The largest absolute Gasteiger partial charge is 0.497 e. The summed E-state index contributed by atoms with van der Waals surface area (Å²) in [6.45, 7) is 1.90. The minimum Gasteiger partial charge on any atom is -0.497 e. The Bertz CT molecular complexity index is 1430. The van der Waals surface area contributed by atoms with Gasteiger partial charge in [0.05, 0.1) is 42.6 Å². The Kier molecular flexibility index (Phi) is 5.75. The number of benzene rings is 3. The number of para-hydroxylation sites is 2. The summed E-state index contributed by atoms with van der Waals surface area (Å²) in [5.74, 6) is 1.63. The average molecular weight is 519 g/mol. The Hall–Kier alpha value is -3.78. The number of imidazole rings is 1. The topological polar surface area (TPSA) is 77.4 Å². The van der Waals surface area contributed by atoms with E-state index in [9.17, 15) is 4.79 Å². The van der Waals surface area contributed by atoms with Gasteiger partial charge in [-0.25, -0.2) is 4.98 Å². The molecule has 34 heavy (non-hydrogen) atoms. The van der Waals surface area contributed by atoms with Crippen molar-refractivity contribution >= 4 is 44.5 Å². The third-order valence-electron chi connectivity index (χ3n) is 5.92. The van der Waals surface area contributed by atoms with Crippen LogP contribution in [-0.2, 0) is 4.79 Å². The number of hydrogen-bond donors (Lipinski definition) is 2. The Morgan fingerprint density at radius 1 is 1.06 bits per heavy atom. The van der Waals surface area contributed by atoms with Crippen LogP contribution in [0.4, 0.5) is 11.6 Å². The summed E-state index contributed by atoms with van der Waals surface area (Å²) in [6, 6.07) is 20.8. The first-order chi connectivity index (χ1) is 16.5. The lowest BCUT2D eigenvalue weighted by Crippen LogP contribution is -2.31. The molecule has 0 radical (unpaired) electrons. The van der Waals surface area contributed by atoms with E-state index in [1.165, 1.54) is 0 Å². The van der Waals surface area contributed by atoms with Gasteiger partial charge in [-0.1, -0.05) is 40.2 Å². The number of nitrogens with zero attached hydrogens (tertiary/aromatic N) is 2. The van der Waals surface area contributed by atoms with Gasteiger partial charge in [0.25, 0.3) is 5.91 Å². The highest BCUT2D eigenvalue weighted by molar-refractivity contribution is 9.10. The second-order valence-electron chi connectivity index (χ2n) is 7.93. The van der Waals surface area contributed by atoms with Crippen molar-refractivity contribution in [3.63, 3.8) is 0 Å². The number of amides is 1. The first-order valence-corrected chi connectivity index (χ1v) is 11.5. The molecule has 8 heteroatoms. The number of allylic oxidation sites excluding steroid dienone is 1. The van der Waals surface area contributed by atoms with Crippen LogP contribution in [0.3, 0.4) is 0 Å². The van der Waals surface area contributed by atoms with Crippen molar-refractivity contribution in [1.82, 2.24) is 9.55 Å². The van der Waals surface area contributed by atoms with Gasteiger partial charge in [0.15, 0.2) is 0 Å². The van der Waals surface area contributed by atoms with Crippen LogP contribution in [-0.4, -0.2) is 29.7 Å². The van der Waals surface area contributed by atoms with Crippen LogP contribution < -0.4 is 20.1 Å². The van der Waals surface area contributed by atoms with Crippen LogP contribution in [0, 0.1) is 0 Å². The van der Waals surface area contributed by atoms with Crippen LogP contribution in [0.2, 0.25) is 0 Å². The predicted octanol–water partition coefficient (Wildman–Crippen LogP) is 5.74. The maximum absolute atomic E-state index is 13.8. The van der Waals surface area contributed by atoms with Crippen molar-refractivity contribution < 1.29 is 14.3 Å². The first-order valence-electron chi connectivity index (χ1n) is 10.7. The Morgan fingerprint density at radius 2 is 1.82 bits per heavy atom. The lowest BCUT2D eigenvalue weighted by atomic mass is 9.94. The fourth-order valence-corrected chi connectivity index (χ4v) is 4.57. The van der Waals surface area contributed by atoms with Crippen molar-refractivity contribution in [2.24, 2.45) is 0 Å². The molecule has 2 N–H and O–H groups in total. The van der Waals surface area contributed by atoms with Crippen molar-refractivity contribution in [3.8, 4) is 11.5 Å². The van der Waals surface area contributed by atoms with Gasteiger partial charge in [-0.3, -0.25) is 9.36 Å². The molecule has 1 atom stereocenters. The average Bonchev–Trinajstić information content (AvgIpc) is 3.21. The summed E-state index contributed by atoms with van der Waals surface area (Å²) in [5, 5.41) is 6.37. The van der Waals surface area contributed by atoms with Crippen LogP contribution in [0.25, 0.3) is 11.0 Å². The van der Waals surface area contributed by atoms with Gasteiger partial charge >= 0.3 is 0 Å². The van der Waals surface area contributed by atoms with Crippen molar-refractivity contribution in [3.05, 3.63) is 88.0 Å². The summed E-state index contributed by atoms with van der Waals surface area (Å²) >= 11 is 3.51. The van der Waals surface area contributed by atoms with Gasteiger partial charge < -0.3 is 20.1 Å². The lowest BCUT2D eigenvalue weighted by molar-refractivity contribution is -0.113. The molecule has 1 aliphatic rings. The highest BCUT2D eigenvalue weighted by atomic mass is 79.9. The Labute approximate surface area is 205 Å². The van der Waals surface area contributed by atoms with Crippen molar-refractivity contribution in [1.29, 1.82) is 0 Å². The quantitative estimate of drug-likeness (QED) is 0.352. The maximum Gasteiger partial charge on any atom is 0.255 e. The molecule has 0 unspecified atom stereocenters. The van der Waals surface area contributed by atoms with Gasteiger partial charge in [0.2, 0.25) is 5.95 Å². The molecule has 1 aliphatic heterocycles. The maximum atomic E-state index is 13.8. The zero-order valence-corrected chi connectivity index (χ0v) is 20.5. The van der Waals surface area contributed by atoms with E-state index in [2.05, 4.69) is 31.1 Å². The summed E-state index contributed by atoms with van der Waals surface area (Å²) in [4.78, 5) is 18.5. The number of halogens is 1. The Balaban J connectivity index is 1.63. The van der Waals surface area contributed by atoms with Gasteiger partial charge in [0.1, 0.15) is 11.5 Å². The van der Waals surface area contributed by atoms with Gasteiger partial charge in [-0.15, -0.1) is 0 Å². The monoisotopic (exact) mass is 518 g/mol. The minimum atomic E-state index is -0.374. The molecule has 0 saturated heterocycles. The molecule has 4 aromatic rings. The summed E-state index contributed by atoms with van der Waals surface area (Å²) in [5.41, 5.74) is 4.66. The fraction of sp³-hybridized carbons (Fsp3) is 0.154. The van der Waals surface area contributed by atoms with E-state index in [1.54, 1.807) is 32.4 Å². The van der Waals surface area contributed by atoms with Crippen molar-refractivity contribution in [2.45, 2.75) is 13.0 Å². The van der Waals surface area contributed by atoms with E-state index in [1.807, 2.05) is 55.5 Å². The number of methoxy groups -OCH3 is 2. The number of nitrogens with one attached hydrogen (secondary N) is 2. The summed E-state index contributed by atoms with van der Waals surface area (Å²) < 4.78 is 13.8. The molecule has 1 aromatic heterocycles. The number of anilines is 2. The molecule has 1 amide bonds. The molecule has 7 nitrogen and oxygen atoms in total. The first kappa shape index (κ1) is 22.0. The second-order valence-corrected chi connectivity index (χ2v) is 8.85. The number of fused-ring (bicyclic) bond motifs is 3. The van der Waals surface area contributed by atoms with Crippen LogP contribution in [0.15, 0.2) is 82.5 Å². The third-order valence-corrected chi connectivity index (χ3v) is 6.45. The highest BCUT2D eigenvalue weighted by Crippen LogP contribution is 2.40. The molecule has 0 fully saturated rings. The molecule has 172 valence electrons. The molecule has 2 heterocycles.